The highest BCUT2D eigenvalue weighted by molar-refractivity contribution is 5.78. The number of nitrogens with zero attached hydrogens (tertiary/aromatic N) is 1. The van der Waals surface area contributed by atoms with E-state index >= 15 is 0 Å². The lowest BCUT2D eigenvalue weighted by molar-refractivity contribution is -0.126. The number of carbonyl (C=O) groups excluding carboxylic acids is 1. The Labute approximate surface area is 110 Å². The monoisotopic (exact) mass is 253 g/mol. The van der Waals surface area contributed by atoms with Gasteiger partial charge in [0.15, 0.2) is 0 Å². The molecule has 1 saturated heterocycles. The minimum absolute atomic E-state index is 0.236. The summed E-state index contributed by atoms with van der Waals surface area (Å²) in [6.07, 6.45) is 6.77. The van der Waals surface area contributed by atoms with Crippen molar-refractivity contribution in [3.05, 3.63) is 0 Å². The molecule has 0 aromatic rings. The van der Waals surface area contributed by atoms with Gasteiger partial charge >= 0.3 is 0 Å². The molecular weight excluding hydrogens is 226 g/mol. The molecule has 0 aromatic heterocycles. The van der Waals surface area contributed by atoms with Gasteiger partial charge in [0, 0.05) is 18.5 Å². The molecular formula is C14H27N3O. The molecule has 0 bridgehead atoms. The molecule has 4 heteroatoms. The van der Waals surface area contributed by atoms with Crippen LogP contribution in [0.25, 0.3) is 0 Å². The van der Waals surface area contributed by atoms with Crippen molar-refractivity contribution in [1.82, 2.24) is 10.2 Å². The predicted octanol–water partition coefficient (Wildman–Crippen LogP) is 0.962. The van der Waals surface area contributed by atoms with E-state index in [-0.39, 0.29) is 11.8 Å². The van der Waals surface area contributed by atoms with Gasteiger partial charge in [-0.2, -0.15) is 0 Å². The van der Waals surface area contributed by atoms with Crippen LogP contribution < -0.4 is 11.1 Å². The second kappa shape index (κ2) is 6.53. The summed E-state index contributed by atoms with van der Waals surface area (Å²) < 4.78 is 0. The quantitative estimate of drug-likeness (QED) is 0.784. The number of likely N-dealkylation sites (N-methyl/N-ethyl adjacent to an activating group) is 1. The molecule has 1 atom stereocenters. The second-order valence-electron chi connectivity index (χ2n) is 5.98. The molecule has 0 aromatic carbocycles. The smallest absolute Gasteiger partial charge is 0.223 e. The molecule has 2 fully saturated rings. The third-order valence-electron chi connectivity index (χ3n) is 4.73. The number of nitrogens with two attached hydrogens (primary N) is 1. The Morgan fingerprint density at radius 3 is 2.56 bits per heavy atom. The number of hydrogen-bond acceptors (Lipinski definition) is 3. The van der Waals surface area contributed by atoms with Crippen molar-refractivity contribution in [2.45, 2.75) is 44.6 Å². The largest absolute Gasteiger partial charge is 0.354 e. The van der Waals surface area contributed by atoms with Crippen LogP contribution in [-0.4, -0.2) is 43.5 Å². The van der Waals surface area contributed by atoms with Gasteiger partial charge in [-0.15, -0.1) is 0 Å². The van der Waals surface area contributed by atoms with Crippen molar-refractivity contribution in [2.24, 2.45) is 17.6 Å². The average Bonchev–Trinajstić information content (AvgIpc) is 2.81. The molecule has 104 valence electrons. The maximum atomic E-state index is 12.1. The maximum absolute atomic E-state index is 12.1. The summed E-state index contributed by atoms with van der Waals surface area (Å²) in [4.78, 5) is 14.4. The number of hydrogen-bond donors (Lipinski definition) is 2. The molecule has 2 rings (SSSR count). The maximum Gasteiger partial charge on any atom is 0.223 e. The summed E-state index contributed by atoms with van der Waals surface area (Å²) in [6, 6.07) is 0.550. The van der Waals surface area contributed by atoms with E-state index < -0.39 is 0 Å². The Hall–Kier alpha value is -0.610. The molecule has 4 nitrogen and oxygen atoms in total. The summed E-state index contributed by atoms with van der Waals surface area (Å²) in [6.45, 7) is 2.77. The van der Waals surface area contributed by atoms with Gasteiger partial charge in [0.25, 0.3) is 0 Å². The van der Waals surface area contributed by atoms with Crippen molar-refractivity contribution in [2.75, 3.05) is 26.7 Å². The van der Waals surface area contributed by atoms with Crippen LogP contribution in [0.1, 0.15) is 38.5 Å². The summed E-state index contributed by atoms with van der Waals surface area (Å²) in [5.41, 5.74) is 5.68. The van der Waals surface area contributed by atoms with E-state index in [1.807, 2.05) is 0 Å². The van der Waals surface area contributed by atoms with E-state index in [0.717, 1.165) is 38.8 Å². The minimum atomic E-state index is 0.236. The van der Waals surface area contributed by atoms with E-state index in [2.05, 4.69) is 17.3 Å². The summed E-state index contributed by atoms with van der Waals surface area (Å²) in [7, 11) is 2.15. The highest BCUT2D eigenvalue weighted by Crippen LogP contribution is 2.28. The lowest BCUT2D eigenvalue weighted by Gasteiger charge is -2.27. The van der Waals surface area contributed by atoms with Gasteiger partial charge in [-0.25, -0.2) is 0 Å². The van der Waals surface area contributed by atoms with Crippen LogP contribution in [0, 0.1) is 11.8 Å². The molecule has 0 radical (unpaired) electrons. The Morgan fingerprint density at radius 1 is 1.28 bits per heavy atom. The molecule has 1 aliphatic carbocycles. The summed E-state index contributed by atoms with van der Waals surface area (Å²) in [5.74, 6) is 1.15. The fourth-order valence-corrected chi connectivity index (χ4v) is 3.26. The molecule has 1 heterocycles. The number of likely N-dealkylation sites (tertiary alicyclic amines) is 1. The van der Waals surface area contributed by atoms with Gasteiger partial charge < -0.3 is 16.0 Å². The fraction of sp³-hybridized carbons (Fsp3) is 0.929. The number of rotatable bonds is 4. The van der Waals surface area contributed by atoms with Crippen LogP contribution in [0.2, 0.25) is 0 Å². The molecule has 2 aliphatic rings. The van der Waals surface area contributed by atoms with Crippen LogP contribution in [0.15, 0.2) is 0 Å². The third kappa shape index (κ3) is 3.45. The molecule has 0 spiro atoms. The van der Waals surface area contributed by atoms with Gasteiger partial charge in [0.1, 0.15) is 0 Å². The lowest BCUT2D eigenvalue weighted by atomic mass is 9.81. The number of carbonyl (C=O) groups is 1. The van der Waals surface area contributed by atoms with Gasteiger partial charge in [-0.1, -0.05) is 0 Å². The molecule has 18 heavy (non-hydrogen) atoms. The van der Waals surface area contributed by atoms with Crippen molar-refractivity contribution in [3.8, 4) is 0 Å². The van der Waals surface area contributed by atoms with E-state index in [9.17, 15) is 4.79 Å². The lowest BCUT2D eigenvalue weighted by Crippen LogP contribution is -2.41. The van der Waals surface area contributed by atoms with Gasteiger partial charge in [-0.05, 0) is 64.6 Å². The van der Waals surface area contributed by atoms with Crippen molar-refractivity contribution >= 4 is 5.91 Å². The van der Waals surface area contributed by atoms with Crippen LogP contribution >= 0.6 is 0 Å². The van der Waals surface area contributed by atoms with Crippen LogP contribution in [-0.2, 0) is 4.79 Å². The number of amides is 1. The average molecular weight is 253 g/mol. The summed E-state index contributed by atoms with van der Waals surface area (Å²) in [5, 5.41) is 3.15. The van der Waals surface area contributed by atoms with E-state index in [4.69, 9.17) is 5.73 Å². The molecule has 3 N–H and O–H groups in total. The zero-order valence-corrected chi connectivity index (χ0v) is 11.5. The summed E-state index contributed by atoms with van der Waals surface area (Å²) >= 11 is 0. The van der Waals surface area contributed by atoms with Gasteiger partial charge in [0.05, 0.1) is 0 Å². The highest BCUT2D eigenvalue weighted by atomic mass is 16.1. The Kier molecular flexibility index (Phi) is 5.01. The zero-order valence-electron chi connectivity index (χ0n) is 11.5. The van der Waals surface area contributed by atoms with Crippen molar-refractivity contribution < 1.29 is 4.79 Å². The molecule has 1 amide bonds. The van der Waals surface area contributed by atoms with E-state index in [0.29, 0.717) is 12.0 Å². The minimum Gasteiger partial charge on any atom is -0.354 e. The first kappa shape index (κ1) is 13.8. The Bertz CT molecular complexity index is 274. The fourth-order valence-electron chi connectivity index (χ4n) is 3.26. The second-order valence-corrected chi connectivity index (χ2v) is 5.98. The zero-order chi connectivity index (χ0) is 13.0. The SMILES string of the molecule is CN1CCCC1CNC(=O)C1CCC(CN)CC1. The van der Waals surface area contributed by atoms with Gasteiger partial charge in [0.2, 0.25) is 5.91 Å². The molecule has 1 unspecified atom stereocenters. The Balaban J connectivity index is 1.68. The predicted molar refractivity (Wildman–Crippen MR) is 73.2 cm³/mol. The van der Waals surface area contributed by atoms with E-state index in [1.165, 1.54) is 19.4 Å². The third-order valence-corrected chi connectivity index (χ3v) is 4.73. The first-order valence-electron chi connectivity index (χ1n) is 7.38. The van der Waals surface area contributed by atoms with Crippen LogP contribution in [0.3, 0.4) is 0 Å². The standard InChI is InChI=1S/C14H27N3O/c1-17-8-2-3-13(17)10-16-14(18)12-6-4-11(9-15)5-7-12/h11-13H,2-10,15H2,1H3,(H,16,18). The molecule has 1 saturated carbocycles. The normalized spacial score (nSPS) is 33.6. The Morgan fingerprint density at radius 2 is 2.00 bits per heavy atom. The van der Waals surface area contributed by atoms with Crippen LogP contribution in [0.5, 0.6) is 0 Å². The van der Waals surface area contributed by atoms with Crippen molar-refractivity contribution in [1.29, 1.82) is 0 Å². The number of nitrogens with one attached hydrogen (secondary N) is 1. The van der Waals surface area contributed by atoms with E-state index in [1.54, 1.807) is 0 Å². The topological polar surface area (TPSA) is 58.4 Å². The first-order chi connectivity index (χ1) is 8.70. The molecule has 1 aliphatic heterocycles. The van der Waals surface area contributed by atoms with Gasteiger partial charge in [-0.3, -0.25) is 4.79 Å². The highest BCUT2D eigenvalue weighted by Gasteiger charge is 2.27. The van der Waals surface area contributed by atoms with Crippen molar-refractivity contribution in [3.63, 3.8) is 0 Å². The van der Waals surface area contributed by atoms with Crippen LogP contribution in [0.4, 0.5) is 0 Å². The first-order valence-corrected chi connectivity index (χ1v) is 7.38.